The summed E-state index contributed by atoms with van der Waals surface area (Å²) in [5, 5.41) is -0.0426. The summed E-state index contributed by atoms with van der Waals surface area (Å²) < 4.78 is 48.2. The van der Waals surface area contributed by atoms with Crippen LogP contribution in [0.5, 0.6) is 5.75 Å². The van der Waals surface area contributed by atoms with E-state index in [1.54, 1.807) is 0 Å². The van der Waals surface area contributed by atoms with Gasteiger partial charge in [-0.05, 0) is 30.3 Å². The number of furan rings is 1. The highest BCUT2D eigenvalue weighted by Gasteiger charge is 2.21. The smallest absolute Gasteiger partial charge is 0.275 e. The van der Waals surface area contributed by atoms with Crippen molar-refractivity contribution in [3.63, 3.8) is 0 Å². The predicted molar refractivity (Wildman–Crippen MR) is 75.3 cm³/mol. The lowest BCUT2D eigenvalue weighted by Crippen LogP contribution is -2.21. The zero-order chi connectivity index (χ0) is 15.6. The van der Waals surface area contributed by atoms with Crippen LogP contribution in [-0.4, -0.2) is 26.8 Å². The summed E-state index contributed by atoms with van der Waals surface area (Å²) in [6.45, 7) is -0.0195. The van der Waals surface area contributed by atoms with Crippen molar-refractivity contribution in [1.82, 2.24) is 4.31 Å². The Morgan fingerprint density at radius 1 is 1.29 bits per heavy atom. The van der Waals surface area contributed by atoms with Gasteiger partial charge in [-0.1, -0.05) is 11.6 Å². The molecule has 0 aliphatic heterocycles. The average molecular weight is 334 g/mol. The third-order valence-electron chi connectivity index (χ3n) is 2.64. The standard InChI is InChI=1S/C13H13ClFNO4S/c1-16(2)21(17,18)13-6-4-10(20-13)8-19-12-5-3-9(15)7-11(12)14/h3-7H,8H2,1-2H3. The Hall–Kier alpha value is -1.57. The lowest BCUT2D eigenvalue weighted by Gasteiger charge is -2.08. The lowest BCUT2D eigenvalue weighted by atomic mass is 10.3. The van der Waals surface area contributed by atoms with Crippen LogP contribution in [0.15, 0.2) is 39.8 Å². The molecule has 2 rings (SSSR count). The largest absolute Gasteiger partial charge is 0.484 e. The molecule has 114 valence electrons. The van der Waals surface area contributed by atoms with Gasteiger partial charge >= 0.3 is 0 Å². The zero-order valence-electron chi connectivity index (χ0n) is 11.3. The number of nitrogens with zero attached hydrogens (tertiary/aromatic N) is 1. The summed E-state index contributed by atoms with van der Waals surface area (Å²) in [6.07, 6.45) is 0. The van der Waals surface area contributed by atoms with Crippen LogP contribution in [0, 0.1) is 5.82 Å². The van der Waals surface area contributed by atoms with Gasteiger partial charge in [-0.25, -0.2) is 17.1 Å². The van der Waals surface area contributed by atoms with Gasteiger partial charge in [-0.15, -0.1) is 0 Å². The van der Waals surface area contributed by atoms with Crippen molar-refractivity contribution >= 4 is 21.6 Å². The molecule has 0 saturated carbocycles. The molecule has 0 N–H and O–H groups in total. The molecule has 21 heavy (non-hydrogen) atoms. The first-order chi connectivity index (χ1) is 9.80. The monoisotopic (exact) mass is 333 g/mol. The topological polar surface area (TPSA) is 59.8 Å². The van der Waals surface area contributed by atoms with E-state index in [4.69, 9.17) is 20.8 Å². The fraction of sp³-hybridized carbons (Fsp3) is 0.231. The molecule has 0 saturated heterocycles. The highest BCUT2D eigenvalue weighted by Crippen LogP contribution is 2.26. The maximum absolute atomic E-state index is 12.9. The minimum atomic E-state index is -3.62. The summed E-state index contributed by atoms with van der Waals surface area (Å²) in [4.78, 5) is 0. The van der Waals surface area contributed by atoms with E-state index in [-0.39, 0.29) is 22.5 Å². The fourth-order valence-electron chi connectivity index (χ4n) is 1.50. The van der Waals surface area contributed by atoms with E-state index in [1.165, 1.54) is 38.4 Å². The van der Waals surface area contributed by atoms with Gasteiger partial charge in [0.1, 0.15) is 23.9 Å². The van der Waals surface area contributed by atoms with Gasteiger partial charge in [-0.3, -0.25) is 0 Å². The Morgan fingerprint density at radius 3 is 2.62 bits per heavy atom. The van der Waals surface area contributed by atoms with Gasteiger partial charge in [0.15, 0.2) is 0 Å². The van der Waals surface area contributed by atoms with Crippen LogP contribution >= 0.6 is 11.6 Å². The molecule has 1 aromatic carbocycles. The first-order valence-corrected chi connectivity index (χ1v) is 7.71. The molecule has 8 heteroatoms. The third kappa shape index (κ3) is 3.55. The number of hydrogen-bond donors (Lipinski definition) is 0. The van der Waals surface area contributed by atoms with Crippen LogP contribution in [0.2, 0.25) is 5.02 Å². The van der Waals surface area contributed by atoms with E-state index in [2.05, 4.69) is 0 Å². The molecule has 0 bridgehead atoms. The van der Waals surface area contributed by atoms with Crippen molar-refractivity contribution in [2.75, 3.05) is 14.1 Å². The first kappa shape index (κ1) is 15.8. The van der Waals surface area contributed by atoms with Gasteiger partial charge in [0.05, 0.1) is 5.02 Å². The highest BCUT2D eigenvalue weighted by molar-refractivity contribution is 7.88. The Balaban J connectivity index is 2.10. The Labute approximate surface area is 126 Å². The molecule has 1 aromatic heterocycles. The molecule has 0 atom stereocenters. The van der Waals surface area contributed by atoms with Gasteiger partial charge in [0.2, 0.25) is 5.09 Å². The van der Waals surface area contributed by atoms with E-state index < -0.39 is 15.8 Å². The predicted octanol–water partition coefficient (Wildman–Crippen LogP) is 2.90. The van der Waals surface area contributed by atoms with Crippen molar-refractivity contribution in [3.05, 3.63) is 46.9 Å². The highest BCUT2D eigenvalue weighted by atomic mass is 35.5. The molecule has 0 amide bonds. The second-order valence-electron chi connectivity index (χ2n) is 4.37. The quantitative estimate of drug-likeness (QED) is 0.844. The second kappa shape index (κ2) is 6.05. The zero-order valence-corrected chi connectivity index (χ0v) is 12.9. The molecular weight excluding hydrogens is 321 g/mol. The number of halogens is 2. The number of sulfonamides is 1. The van der Waals surface area contributed by atoms with Gasteiger partial charge in [0.25, 0.3) is 10.0 Å². The fourth-order valence-corrected chi connectivity index (χ4v) is 2.53. The summed E-state index contributed by atoms with van der Waals surface area (Å²) >= 11 is 5.82. The average Bonchev–Trinajstić information content (AvgIpc) is 2.87. The summed E-state index contributed by atoms with van der Waals surface area (Å²) in [6, 6.07) is 6.57. The molecule has 0 unspecified atom stereocenters. The number of ether oxygens (including phenoxy) is 1. The molecule has 0 radical (unpaired) electrons. The van der Waals surface area contributed by atoms with Crippen LogP contribution in [0.3, 0.4) is 0 Å². The van der Waals surface area contributed by atoms with Crippen molar-refractivity contribution < 1.29 is 22.0 Å². The van der Waals surface area contributed by atoms with Gasteiger partial charge in [0, 0.05) is 14.1 Å². The normalized spacial score (nSPS) is 11.9. The maximum Gasteiger partial charge on any atom is 0.275 e. The molecule has 0 aliphatic carbocycles. The van der Waals surface area contributed by atoms with Crippen molar-refractivity contribution in [1.29, 1.82) is 0 Å². The molecular formula is C13H13ClFNO4S. The van der Waals surface area contributed by atoms with Crippen molar-refractivity contribution in [2.24, 2.45) is 0 Å². The van der Waals surface area contributed by atoms with Crippen molar-refractivity contribution in [2.45, 2.75) is 11.7 Å². The van der Waals surface area contributed by atoms with E-state index >= 15 is 0 Å². The Morgan fingerprint density at radius 2 is 2.00 bits per heavy atom. The van der Waals surface area contributed by atoms with E-state index in [0.717, 1.165) is 10.4 Å². The molecule has 5 nitrogen and oxygen atoms in total. The van der Waals surface area contributed by atoms with E-state index in [1.807, 2.05) is 0 Å². The summed E-state index contributed by atoms with van der Waals surface area (Å²) in [5.74, 6) is 0.131. The molecule has 0 fully saturated rings. The SMILES string of the molecule is CN(C)S(=O)(=O)c1ccc(COc2ccc(F)cc2Cl)o1. The minimum Gasteiger partial charge on any atom is -0.484 e. The Kier molecular flexibility index (Phi) is 4.55. The molecule has 1 heterocycles. The maximum atomic E-state index is 12.9. The number of hydrogen-bond acceptors (Lipinski definition) is 4. The van der Waals surface area contributed by atoms with Crippen molar-refractivity contribution in [3.8, 4) is 5.75 Å². The van der Waals surface area contributed by atoms with Crippen LogP contribution < -0.4 is 4.74 Å². The van der Waals surface area contributed by atoms with E-state index in [9.17, 15) is 12.8 Å². The number of rotatable bonds is 5. The number of benzene rings is 1. The first-order valence-electron chi connectivity index (χ1n) is 5.90. The molecule has 2 aromatic rings. The molecule has 0 spiro atoms. The summed E-state index contributed by atoms with van der Waals surface area (Å²) in [7, 11) is -0.799. The molecule has 0 aliphatic rings. The van der Waals surface area contributed by atoms with Crippen LogP contribution in [0.1, 0.15) is 5.76 Å². The van der Waals surface area contributed by atoms with E-state index in [0.29, 0.717) is 5.76 Å². The minimum absolute atomic E-state index is 0.0195. The Bertz CT molecular complexity index is 742. The van der Waals surface area contributed by atoms with Crippen LogP contribution in [-0.2, 0) is 16.6 Å². The summed E-state index contributed by atoms with van der Waals surface area (Å²) in [5.41, 5.74) is 0. The van der Waals surface area contributed by atoms with Crippen LogP contribution in [0.4, 0.5) is 4.39 Å². The van der Waals surface area contributed by atoms with Crippen LogP contribution in [0.25, 0.3) is 0 Å². The van der Waals surface area contributed by atoms with Gasteiger partial charge < -0.3 is 9.15 Å². The second-order valence-corrected chi connectivity index (χ2v) is 6.86. The third-order valence-corrected chi connectivity index (χ3v) is 4.62. The lowest BCUT2D eigenvalue weighted by molar-refractivity contribution is 0.256. The van der Waals surface area contributed by atoms with Gasteiger partial charge in [-0.2, -0.15) is 0 Å².